The maximum Gasteiger partial charge on any atom is 0.0659 e. The minimum Gasteiger partial charge on any atom is -0.375 e. The molecular formula is C13H18O. The van der Waals surface area contributed by atoms with Gasteiger partial charge in [-0.15, -0.1) is 0 Å². The van der Waals surface area contributed by atoms with Crippen LogP contribution < -0.4 is 0 Å². The molecule has 0 aliphatic heterocycles. The molecular weight excluding hydrogens is 172 g/mol. The monoisotopic (exact) mass is 190 g/mol. The molecule has 1 nitrogen and oxygen atoms in total. The third-order valence-electron chi connectivity index (χ3n) is 3.01. The summed E-state index contributed by atoms with van der Waals surface area (Å²) >= 11 is 0. The van der Waals surface area contributed by atoms with E-state index in [1.165, 1.54) is 11.1 Å². The van der Waals surface area contributed by atoms with Gasteiger partial charge in [0.2, 0.25) is 0 Å². The largest absolute Gasteiger partial charge is 0.375 e. The molecule has 76 valence electrons. The smallest absolute Gasteiger partial charge is 0.0659 e. The molecule has 1 aliphatic carbocycles. The fraction of sp³-hybridized carbons (Fsp3) is 0.538. The van der Waals surface area contributed by atoms with E-state index < -0.39 is 0 Å². The van der Waals surface area contributed by atoms with Crippen molar-refractivity contribution in [1.82, 2.24) is 0 Å². The summed E-state index contributed by atoms with van der Waals surface area (Å²) in [5.74, 6) is 0. The second-order valence-corrected chi connectivity index (χ2v) is 4.15. The molecule has 1 aliphatic rings. The molecule has 0 unspecified atom stereocenters. The van der Waals surface area contributed by atoms with E-state index >= 15 is 0 Å². The molecule has 1 atom stereocenters. The van der Waals surface area contributed by atoms with Crippen LogP contribution in [0.5, 0.6) is 0 Å². The van der Waals surface area contributed by atoms with Gasteiger partial charge in [-0.05, 0) is 37.3 Å². The van der Waals surface area contributed by atoms with E-state index in [1.54, 1.807) is 0 Å². The van der Waals surface area contributed by atoms with Crippen LogP contribution >= 0.6 is 0 Å². The Labute approximate surface area is 86.1 Å². The third kappa shape index (κ3) is 1.98. The van der Waals surface area contributed by atoms with Crippen LogP contribution in [0.4, 0.5) is 0 Å². The van der Waals surface area contributed by atoms with Gasteiger partial charge in [-0.3, -0.25) is 0 Å². The fourth-order valence-corrected chi connectivity index (χ4v) is 2.04. The Morgan fingerprint density at radius 3 is 2.36 bits per heavy atom. The Kier molecular flexibility index (Phi) is 2.87. The van der Waals surface area contributed by atoms with Gasteiger partial charge >= 0.3 is 0 Å². The highest BCUT2D eigenvalue weighted by Crippen LogP contribution is 2.24. The zero-order valence-electron chi connectivity index (χ0n) is 8.99. The van der Waals surface area contributed by atoms with Crippen LogP contribution in [0.2, 0.25) is 0 Å². The zero-order chi connectivity index (χ0) is 9.97. The first-order valence-corrected chi connectivity index (χ1v) is 5.52. The number of benzene rings is 1. The molecule has 14 heavy (non-hydrogen) atoms. The van der Waals surface area contributed by atoms with Crippen molar-refractivity contribution in [3.05, 3.63) is 35.4 Å². The normalized spacial score (nSPS) is 18.1. The van der Waals surface area contributed by atoms with Crippen molar-refractivity contribution in [1.29, 1.82) is 0 Å². The highest BCUT2D eigenvalue weighted by molar-refractivity contribution is 5.32. The molecule has 0 amide bonds. The topological polar surface area (TPSA) is 9.23 Å². The lowest BCUT2D eigenvalue weighted by molar-refractivity contribution is 0.00258. The molecule has 0 heterocycles. The summed E-state index contributed by atoms with van der Waals surface area (Å²) in [6.45, 7) is 4.33. The lowest BCUT2D eigenvalue weighted by atomic mass is 10.1. The first-order chi connectivity index (χ1) is 6.79. The van der Waals surface area contributed by atoms with Crippen molar-refractivity contribution in [2.45, 2.75) is 45.3 Å². The number of rotatable bonds is 3. The lowest BCUT2D eigenvalue weighted by Crippen LogP contribution is -2.19. The van der Waals surface area contributed by atoms with Crippen LogP contribution in [0.25, 0.3) is 0 Å². The van der Waals surface area contributed by atoms with Crippen LogP contribution in [0.1, 0.15) is 31.4 Å². The summed E-state index contributed by atoms with van der Waals surface area (Å²) in [6, 6.07) is 8.67. The van der Waals surface area contributed by atoms with Gasteiger partial charge in [0.15, 0.2) is 0 Å². The van der Waals surface area contributed by atoms with Crippen LogP contribution in [0.3, 0.4) is 0 Å². The molecule has 0 saturated heterocycles. The SMILES string of the molecule is CC[C@@H](C)OC1Cc2ccccc2C1. The second kappa shape index (κ2) is 4.14. The van der Waals surface area contributed by atoms with Crippen molar-refractivity contribution < 1.29 is 4.74 Å². The summed E-state index contributed by atoms with van der Waals surface area (Å²) in [5, 5.41) is 0. The Balaban J connectivity index is 1.98. The average molecular weight is 190 g/mol. The standard InChI is InChI=1S/C13H18O/c1-3-10(2)14-13-8-11-6-4-5-7-12(11)9-13/h4-7,10,13H,3,8-9H2,1-2H3/t10-/m1/s1. The number of ether oxygens (including phenoxy) is 1. The fourth-order valence-electron chi connectivity index (χ4n) is 2.04. The van der Waals surface area contributed by atoms with Gasteiger partial charge in [0.1, 0.15) is 0 Å². The summed E-state index contributed by atoms with van der Waals surface area (Å²) in [4.78, 5) is 0. The Morgan fingerprint density at radius 1 is 1.29 bits per heavy atom. The maximum absolute atomic E-state index is 5.94. The van der Waals surface area contributed by atoms with Gasteiger partial charge in [0.05, 0.1) is 12.2 Å². The van der Waals surface area contributed by atoms with Gasteiger partial charge in [0, 0.05) is 0 Å². The van der Waals surface area contributed by atoms with Crippen LogP contribution in [-0.2, 0) is 17.6 Å². The van der Waals surface area contributed by atoms with E-state index in [0.717, 1.165) is 19.3 Å². The molecule has 1 heteroatoms. The first kappa shape index (κ1) is 9.72. The average Bonchev–Trinajstić information content (AvgIpc) is 2.59. The molecule has 0 bridgehead atoms. The first-order valence-electron chi connectivity index (χ1n) is 5.52. The number of hydrogen-bond donors (Lipinski definition) is 0. The van der Waals surface area contributed by atoms with Gasteiger partial charge in [-0.25, -0.2) is 0 Å². The van der Waals surface area contributed by atoms with E-state index in [1.807, 2.05) is 0 Å². The minimum atomic E-state index is 0.398. The van der Waals surface area contributed by atoms with E-state index in [2.05, 4.69) is 38.1 Å². The van der Waals surface area contributed by atoms with Gasteiger partial charge in [-0.1, -0.05) is 31.2 Å². The van der Waals surface area contributed by atoms with Crippen molar-refractivity contribution in [3.63, 3.8) is 0 Å². The van der Waals surface area contributed by atoms with Gasteiger partial charge < -0.3 is 4.74 Å². The number of fused-ring (bicyclic) bond motifs is 1. The Hall–Kier alpha value is -0.820. The van der Waals surface area contributed by atoms with E-state index in [4.69, 9.17) is 4.74 Å². The van der Waals surface area contributed by atoms with Crippen molar-refractivity contribution in [2.24, 2.45) is 0 Å². The summed E-state index contributed by atoms with van der Waals surface area (Å²) in [5.41, 5.74) is 2.95. The van der Waals surface area contributed by atoms with Crippen LogP contribution in [0.15, 0.2) is 24.3 Å². The third-order valence-corrected chi connectivity index (χ3v) is 3.01. The quantitative estimate of drug-likeness (QED) is 0.712. The molecule has 0 N–H and O–H groups in total. The van der Waals surface area contributed by atoms with E-state index in [9.17, 15) is 0 Å². The highest BCUT2D eigenvalue weighted by Gasteiger charge is 2.22. The molecule has 0 aromatic heterocycles. The summed E-state index contributed by atoms with van der Waals surface area (Å²) in [7, 11) is 0. The molecule has 0 saturated carbocycles. The van der Waals surface area contributed by atoms with Crippen molar-refractivity contribution >= 4 is 0 Å². The van der Waals surface area contributed by atoms with E-state index in [0.29, 0.717) is 12.2 Å². The van der Waals surface area contributed by atoms with Crippen molar-refractivity contribution in [2.75, 3.05) is 0 Å². The maximum atomic E-state index is 5.94. The molecule has 1 aromatic carbocycles. The van der Waals surface area contributed by atoms with Gasteiger partial charge in [-0.2, -0.15) is 0 Å². The zero-order valence-corrected chi connectivity index (χ0v) is 8.99. The predicted molar refractivity (Wildman–Crippen MR) is 58.5 cm³/mol. The predicted octanol–water partition coefficient (Wildman–Crippen LogP) is 2.97. The molecule has 0 fully saturated rings. The Bertz CT molecular complexity index is 281. The number of hydrogen-bond acceptors (Lipinski definition) is 1. The van der Waals surface area contributed by atoms with E-state index in [-0.39, 0.29) is 0 Å². The van der Waals surface area contributed by atoms with Crippen LogP contribution in [0, 0.1) is 0 Å². The Morgan fingerprint density at radius 2 is 1.86 bits per heavy atom. The lowest BCUT2D eigenvalue weighted by Gasteiger charge is -2.16. The molecule has 0 radical (unpaired) electrons. The van der Waals surface area contributed by atoms with Crippen molar-refractivity contribution in [3.8, 4) is 0 Å². The molecule has 0 spiro atoms. The minimum absolute atomic E-state index is 0.398. The second-order valence-electron chi connectivity index (χ2n) is 4.15. The molecule has 2 rings (SSSR count). The van der Waals surface area contributed by atoms with Crippen LogP contribution in [-0.4, -0.2) is 12.2 Å². The molecule has 1 aromatic rings. The summed E-state index contributed by atoms with van der Waals surface area (Å²) in [6.07, 6.45) is 4.12. The highest BCUT2D eigenvalue weighted by atomic mass is 16.5. The summed E-state index contributed by atoms with van der Waals surface area (Å²) < 4.78 is 5.94. The van der Waals surface area contributed by atoms with Gasteiger partial charge in [0.25, 0.3) is 0 Å².